The van der Waals surface area contributed by atoms with Crippen LogP contribution < -0.4 is 20.5 Å². The van der Waals surface area contributed by atoms with E-state index in [1.807, 2.05) is 13.8 Å². The molecular weight excluding hydrogens is 488 g/mol. The number of nitrogens with one attached hydrogen (secondary N) is 2. The van der Waals surface area contributed by atoms with Crippen molar-refractivity contribution in [3.8, 4) is 11.5 Å². The molecule has 0 spiro atoms. The van der Waals surface area contributed by atoms with Crippen molar-refractivity contribution < 1.29 is 29.3 Å². The molecule has 0 bridgehead atoms. The minimum Gasteiger partial charge on any atom is -0.478 e. The number of aromatic amines is 1. The first-order chi connectivity index (χ1) is 18.2. The number of ether oxygens (including phenoxy) is 2. The van der Waals surface area contributed by atoms with Crippen molar-refractivity contribution in [1.82, 2.24) is 15.3 Å². The summed E-state index contributed by atoms with van der Waals surface area (Å²) >= 11 is 0. The van der Waals surface area contributed by atoms with Crippen LogP contribution in [0.2, 0.25) is 0 Å². The van der Waals surface area contributed by atoms with Crippen molar-refractivity contribution in [2.24, 2.45) is 0 Å². The lowest BCUT2D eigenvalue weighted by atomic mass is 9.96. The van der Waals surface area contributed by atoms with E-state index in [-0.39, 0.29) is 11.5 Å². The molecule has 10 heteroatoms. The van der Waals surface area contributed by atoms with Gasteiger partial charge in [-0.3, -0.25) is 0 Å². The van der Waals surface area contributed by atoms with Gasteiger partial charge in [0.15, 0.2) is 5.95 Å². The number of carboxylic acid groups (broad SMARTS) is 2. The minimum atomic E-state index is -1.69. The lowest BCUT2D eigenvalue weighted by molar-refractivity contribution is -0.161. The summed E-state index contributed by atoms with van der Waals surface area (Å²) in [5.41, 5.74) is 9.95. The summed E-state index contributed by atoms with van der Waals surface area (Å²) in [4.78, 5) is 30.4. The average Bonchev–Trinajstić information content (AvgIpc) is 3.26. The predicted molar refractivity (Wildman–Crippen MR) is 144 cm³/mol. The Morgan fingerprint density at radius 3 is 1.95 bits per heavy atom. The van der Waals surface area contributed by atoms with Gasteiger partial charge in [0.1, 0.15) is 11.5 Å². The van der Waals surface area contributed by atoms with E-state index >= 15 is 0 Å². The predicted octanol–water partition coefficient (Wildman–Crippen LogP) is 3.52. The Kier molecular flexibility index (Phi) is 10.1. The number of aryl methyl sites for hydroxylation is 3. The van der Waals surface area contributed by atoms with Crippen LogP contribution in [0.5, 0.6) is 11.5 Å². The van der Waals surface area contributed by atoms with Gasteiger partial charge >= 0.3 is 11.9 Å². The largest absolute Gasteiger partial charge is 0.478 e. The second-order valence-corrected chi connectivity index (χ2v) is 9.32. The fourth-order valence-electron chi connectivity index (χ4n) is 4.04. The normalized spacial score (nSPS) is 15.8. The van der Waals surface area contributed by atoms with E-state index in [1.54, 1.807) is 48.5 Å². The number of aliphatic carboxylic acids is 2. The van der Waals surface area contributed by atoms with Crippen molar-refractivity contribution in [3.63, 3.8) is 0 Å². The van der Waals surface area contributed by atoms with Gasteiger partial charge < -0.3 is 35.7 Å². The zero-order valence-corrected chi connectivity index (χ0v) is 21.9. The number of imidazole rings is 1. The number of H-pyrrole nitrogens is 1. The molecule has 0 aliphatic heterocycles. The highest BCUT2D eigenvalue weighted by Crippen LogP contribution is 2.21. The Hall–Kier alpha value is -4.05. The van der Waals surface area contributed by atoms with Crippen molar-refractivity contribution in [1.29, 1.82) is 0 Å². The second kappa shape index (κ2) is 13.5. The van der Waals surface area contributed by atoms with Gasteiger partial charge in [-0.25, -0.2) is 14.6 Å². The summed E-state index contributed by atoms with van der Waals surface area (Å²) in [6.45, 7) is 7.04. The molecule has 3 atom stereocenters. The Balaban J connectivity index is 0.000000241. The zero-order chi connectivity index (χ0) is 27.7. The lowest BCUT2D eigenvalue weighted by Gasteiger charge is -2.22. The van der Waals surface area contributed by atoms with Crippen LogP contribution in [0.15, 0.2) is 48.5 Å². The number of nitrogen functional groups attached to an aromatic ring is 1. The topological polar surface area (TPSA) is 160 Å². The quantitative estimate of drug-likeness (QED) is 0.267. The number of anilines is 1. The molecule has 10 nitrogen and oxygen atoms in total. The molecule has 1 aliphatic rings. The van der Waals surface area contributed by atoms with E-state index in [0.717, 1.165) is 36.2 Å². The maximum atomic E-state index is 11.5. The smallest absolute Gasteiger partial charge is 0.349 e. The minimum absolute atomic E-state index is 0.256. The molecule has 0 saturated carbocycles. The highest BCUT2D eigenvalue weighted by atomic mass is 16.6. The molecule has 4 rings (SSSR count). The summed E-state index contributed by atoms with van der Waals surface area (Å²) in [6, 6.07) is 13.9. The van der Waals surface area contributed by atoms with E-state index in [0.29, 0.717) is 12.0 Å². The number of fused-ring (bicyclic) bond motifs is 1. The number of rotatable bonds is 10. The second-order valence-electron chi connectivity index (χ2n) is 9.32. The van der Waals surface area contributed by atoms with E-state index in [2.05, 4.69) is 22.2 Å². The molecule has 1 aromatic heterocycles. The maximum Gasteiger partial charge on any atom is 0.349 e. The van der Waals surface area contributed by atoms with E-state index in [1.165, 1.54) is 18.5 Å². The van der Waals surface area contributed by atoms with Crippen LogP contribution in [0.4, 0.5) is 5.95 Å². The van der Waals surface area contributed by atoms with Crippen molar-refractivity contribution >= 4 is 17.9 Å². The fraction of sp³-hybridized carbons (Fsp3) is 0.393. The molecule has 204 valence electrons. The number of hydrogen-bond acceptors (Lipinski definition) is 7. The molecule has 2 aromatic carbocycles. The molecule has 0 amide bonds. The lowest BCUT2D eigenvalue weighted by Crippen LogP contribution is -2.47. The number of carboxylic acids is 2. The molecular formula is C28H36N4O6. The number of nitrogens with two attached hydrogens (primary N) is 1. The standard InChI is InChI=1S/C18H18O6.C10H18N4/c1-11-3-7-13(8-4-11)23-15(17(19)20)16(18(21)22)24-14-9-5-12(2)6-10-14;1-2-5-12-7-3-4-8-9(6-7)14-10(11)13-8/h3-10,15-16H,1-2H3,(H,19,20)(H,21,22);7,12H,2-6H2,1H3,(H3,11,13,14)/t15-,16-;7-/m01/s1. The number of benzene rings is 2. The molecule has 6 N–H and O–H groups in total. The number of hydrogen-bond donors (Lipinski definition) is 5. The molecule has 0 saturated heterocycles. The van der Waals surface area contributed by atoms with Crippen LogP contribution >= 0.6 is 0 Å². The number of nitrogens with zero attached hydrogens (tertiary/aromatic N) is 1. The molecule has 3 aromatic rings. The summed E-state index contributed by atoms with van der Waals surface area (Å²) in [7, 11) is 0. The van der Waals surface area contributed by atoms with Crippen LogP contribution in [-0.4, -0.2) is 56.9 Å². The third-order valence-electron chi connectivity index (χ3n) is 6.08. The van der Waals surface area contributed by atoms with Crippen LogP contribution in [0, 0.1) is 13.8 Å². The van der Waals surface area contributed by atoms with Crippen LogP contribution in [0.3, 0.4) is 0 Å². The Bertz CT molecular complexity index is 1130. The molecule has 1 aliphatic carbocycles. The van der Waals surface area contributed by atoms with Gasteiger partial charge in [-0.2, -0.15) is 0 Å². The molecule has 1 heterocycles. The summed E-state index contributed by atoms with van der Waals surface area (Å²) in [5, 5.41) is 22.3. The van der Waals surface area contributed by atoms with Gasteiger partial charge in [0.25, 0.3) is 0 Å². The maximum absolute atomic E-state index is 11.5. The molecule has 0 fully saturated rings. The highest BCUT2D eigenvalue weighted by molar-refractivity contribution is 5.84. The third kappa shape index (κ3) is 8.24. The van der Waals surface area contributed by atoms with Gasteiger partial charge in [0, 0.05) is 18.2 Å². The molecule has 38 heavy (non-hydrogen) atoms. The van der Waals surface area contributed by atoms with E-state index in [9.17, 15) is 19.8 Å². The van der Waals surface area contributed by atoms with Crippen LogP contribution in [0.25, 0.3) is 0 Å². The van der Waals surface area contributed by atoms with Gasteiger partial charge in [-0.15, -0.1) is 0 Å². The first-order valence-corrected chi connectivity index (χ1v) is 12.6. The average molecular weight is 525 g/mol. The van der Waals surface area contributed by atoms with Crippen molar-refractivity contribution in [2.75, 3.05) is 12.3 Å². The first kappa shape index (κ1) is 28.5. The highest BCUT2D eigenvalue weighted by Gasteiger charge is 2.38. The first-order valence-electron chi connectivity index (χ1n) is 12.6. The zero-order valence-electron chi connectivity index (χ0n) is 21.9. The van der Waals surface area contributed by atoms with Gasteiger partial charge in [0.05, 0.1) is 5.69 Å². The molecule has 0 unspecified atom stereocenters. The van der Waals surface area contributed by atoms with Crippen molar-refractivity contribution in [3.05, 3.63) is 71.0 Å². The Morgan fingerprint density at radius 1 is 1.00 bits per heavy atom. The van der Waals surface area contributed by atoms with Crippen LogP contribution in [-0.2, 0) is 22.4 Å². The molecule has 0 radical (unpaired) electrons. The monoisotopic (exact) mass is 524 g/mol. The number of aromatic nitrogens is 2. The summed E-state index contributed by atoms with van der Waals surface area (Å²) in [5.74, 6) is -1.77. The van der Waals surface area contributed by atoms with E-state index < -0.39 is 24.1 Å². The van der Waals surface area contributed by atoms with Gasteiger partial charge in [-0.1, -0.05) is 42.3 Å². The third-order valence-corrected chi connectivity index (χ3v) is 6.08. The Morgan fingerprint density at radius 2 is 1.50 bits per heavy atom. The van der Waals surface area contributed by atoms with Crippen molar-refractivity contribution in [2.45, 2.75) is 64.7 Å². The van der Waals surface area contributed by atoms with Gasteiger partial charge in [-0.05, 0) is 63.9 Å². The fourth-order valence-corrected chi connectivity index (χ4v) is 4.04. The SMILES string of the molecule is CCCN[C@@H]1CCc2nc(N)[nH]c2C1.Cc1ccc(O[C@H](C(=O)O)[C@H](Oc2ccc(C)cc2)C(=O)O)cc1. The van der Waals surface area contributed by atoms with E-state index in [4.69, 9.17) is 15.2 Å². The van der Waals surface area contributed by atoms with Crippen LogP contribution in [0.1, 0.15) is 42.3 Å². The van der Waals surface area contributed by atoms with Gasteiger partial charge in [0.2, 0.25) is 12.2 Å². The summed E-state index contributed by atoms with van der Waals surface area (Å²) in [6.07, 6.45) is 1.08. The Labute approximate surface area is 222 Å². The number of carbonyl (C=O) groups is 2. The summed E-state index contributed by atoms with van der Waals surface area (Å²) < 4.78 is 10.7.